The molecule has 4 rings (SSSR count). The number of amides is 1. The number of nitrogens with zero attached hydrogens (tertiary/aromatic N) is 1. The van der Waals surface area contributed by atoms with Gasteiger partial charge in [0.2, 0.25) is 0 Å². The van der Waals surface area contributed by atoms with Crippen LogP contribution in [0.4, 0.5) is 5.69 Å². The predicted molar refractivity (Wildman–Crippen MR) is 123 cm³/mol. The number of benzene rings is 3. The smallest absolute Gasteiger partial charge is 0.259 e. The molecule has 0 aliphatic carbocycles. The average molecular weight is 454 g/mol. The molecule has 0 spiro atoms. The first-order chi connectivity index (χ1) is 14.8. The van der Waals surface area contributed by atoms with Crippen LogP contribution >= 0.6 is 11.6 Å². The molecule has 3 aromatic rings. The highest BCUT2D eigenvalue weighted by atomic mass is 35.5. The van der Waals surface area contributed by atoms with Crippen molar-refractivity contribution in [2.75, 3.05) is 24.8 Å². The minimum Gasteiger partial charge on any atom is -0.497 e. The van der Waals surface area contributed by atoms with Crippen LogP contribution < -0.4 is 9.64 Å². The van der Waals surface area contributed by atoms with Gasteiger partial charge in [0, 0.05) is 6.26 Å². The van der Waals surface area contributed by atoms with Gasteiger partial charge in [0.1, 0.15) is 5.75 Å². The summed E-state index contributed by atoms with van der Waals surface area (Å²) in [7, 11) is -1.73. The van der Waals surface area contributed by atoms with E-state index in [2.05, 4.69) is 0 Å². The monoisotopic (exact) mass is 453 g/mol. The van der Waals surface area contributed by atoms with Gasteiger partial charge in [-0.25, -0.2) is 8.42 Å². The van der Waals surface area contributed by atoms with Gasteiger partial charge in [0.05, 0.1) is 34.8 Å². The number of sulfone groups is 1. The highest BCUT2D eigenvalue weighted by Crippen LogP contribution is 2.39. The maximum absolute atomic E-state index is 13.5. The summed E-state index contributed by atoms with van der Waals surface area (Å²) in [6, 6.07) is 21.1. The zero-order valence-electron chi connectivity index (χ0n) is 17.0. The van der Waals surface area contributed by atoms with Gasteiger partial charge in [-0.1, -0.05) is 48.0 Å². The van der Waals surface area contributed by atoms with Crippen LogP contribution in [0.5, 0.6) is 5.75 Å². The van der Waals surface area contributed by atoms with Crippen LogP contribution in [0.15, 0.2) is 77.7 Å². The van der Waals surface area contributed by atoms with Crippen molar-refractivity contribution in [3.05, 3.63) is 88.9 Å². The zero-order valence-corrected chi connectivity index (χ0v) is 18.6. The number of ether oxygens (including phenoxy) is 1. The van der Waals surface area contributed by atoms with Crippen molar-refractivity contribution < 1.29 is 17.9 Å². The summed E-state index contributed by atoms with van der Waals surface area (Å²) in [5.41, 5.74) is 3.51. The van der Waals surface area contributed by atoms with Crippen molar-refractivity contribution in [2.24, 2.45) is 0 Å². The third kappa shape index (κ3) is 4.09. The largest absolute Gasteiger partial charge is 0.497 e. The van der Waals surface area contributed by atoms with E-state index in [1.165, 1.54) is 6.26 Å². The summed E-state index contributed by atoms with van der Waals surface area (Å²) in [6.07, 6.45) is 1.17. The molecule has 0 saturated carbocycles. The molecule has 0 fully saturated rings. The zero-order chi connectivity index (χ0) is 22.2. The van der Waals surface area contributed by atoms with Crippen molar-refractivity contribution >= 4 is 44.2 Å². The highest BCUT2D eigenvalue weighted by Gasteiger charge is 2.33. The fraction of sp³-hybridized carbons (Fsp3) is 0.125. The molecular formula is C24H20ClNO4S. The van der Waals surface area contributed by atoms with E-state index in [-0.39, 0.29) is 10.8 Å². The van der Waals surface area contributed by atoms with Crippen LogP contribution in [0.25, 0.3) is 11.1 Å². The van der Waals surface area contributed by atoms with Gasteiger partial charge in [-0.2, -0.15) is 0 Å². The maximum atomic E-state index is 13.5. The normalized spacial score (nSPS) is 14.3. The lowest BCUT2D eigenvalue weighted by molar-refractivity contribution is -0.112. The second kappa shape index (κ2) is 8.21. The molecule has 3 aromatic carbocycles. The summed E-state index contributed by atoms with van der Waals surface area (Å²) in [6.45, 7) is 0.322. The summed E-state index contributed by atoms with van der Waals surface area (Å²) < 4.78 is 28.9. The van der Waals surface area contributed by atoms with Gasteiger partial charge in [0.25, 0.3) is 5.91 Å². The minimum atomic E-state index is -3.31. The topological polar surface area (TPSA) is 63.7 Å². The molecule has 1 heterocycles. The molecular weight excluding hydrogens is 434 g/mol. The van der Waals surface area contributed by atoms with E-state index in [0.29, 0.717) is 28.6 Å². The summed E-state index contributed by atoms with van der Waals surface area (Å²) in [5.74, 6) is 0.525. The first-order valence-corrected chi connectivity index (χ1v) is 11.8. The quantitative estimate of drug-likeness (QED) is 0.561. The number of methoxy groups -OCH3 is 1. The lowest BCUT2D eigenvalue weighted by atomic mass is 9.97. The number of anilines is 1. The first-order valence-electron chi connectivity index (χ1n) is 9.54. The molecule has 0 saturated heterocycles. The number of hydrogen-bond acceptors (Lipinski definition) is 4. The summed E-state index contributed by atoms with van der Waals surface area (Å²) in [4.78, 5) is 15.4. The fourth-order valence-corrected chi connectivity index (χ4v) is 4.50. The van der Waals surface area contributed by atoms with E-state index in [1.807, 2.05) is 30.3 Å². The van der Waals surface area contributed by atoms with Crippen molar-refractivity contribution in [3.8, 4) is 5.75 Å². The summed E-state index contributed by atoms with van der Waals surface area (Å²) in [5, 5.41) is 0.485. The molecule has 0 bridgehead atoms. The predicted octanol–water partition coefficient (Wildman–Crippen LogP) is 4.71. The Balaban J connectivity index is 1.84. The first kappa shape index (κ1) is 21.2. The van der Waals surface area contributed by atoms with E-state index in [0.717, 1.165) is 16.7 Å². The molecule has 0 atom stereocenters. The van der Waals surface area contributed by atoms with Crippen LogP contribution in [0.1, 0.15) is 11.1 Å². The van der Waals surface area contributed by atoms with Crippen LogP contribution in [0.2, 0.25) is 5.02 Å². The Morgan fingerprint density at radius 2 is 1.52 bits per heavy atom. The van der Waals surface area contributed by atoms with Crippen LogP contribution in [0.3, 0.4) is 0 Å². The number of carbonyl (C=O) groups is 1. The van der Waals surface area contributed by atoms with Crippen LogP contribution in [-0.4, -0.2) is 34.2 Å². The Morgan fingerprint density at radius 1 is 0.903 bits per heavy atom. The van der Waals surface area contributed by atoms with Crippen molar-refractivity contribution in [3.63, 3.8) is 0 Å². The SMILES string of the molecule is COc1ccc(C2=C(c3ccc(S(C)(=O)=O)cc3)CN(c3ccccc3Cl)C2=O)cc1. The van der Waals surface area contributed by atoms with E-state index in [4.69, 9.17) is 16.3 Å². The third-order valence-corrected chi connectivity index (χ3v) is 6.68. The van der Waals surface area contributed by atoms with Gasteiger partial charge in [-0.15, -0.1) is 0 Å². The molecule has 158 valence electrons. The molecule has 1 amide bonds. The Kier molecular flexibility index (Phi) is 5.60. The molecule has 1 aliphatic rings. The molecule has 0 radical (unpaired) electrons. The van der Waals surface area contributed by atoms with E-state index >= 15 is 0 Å². The number of hydrogen-bond donors (Lipinski definition) is 0. The van der Waals surface area contributed by atoms with Gasteiger partial charge in [-0.3, -0.25) is 4.79 Å². The average Bonchev–Trinajstić information content (AvgIpc) is 3.10. The van der Waals surface area contributed by atoms with Gasteiger partial charge >= 0.3 is 0 Å². The third-order valence-electron chi connectivity index (χ3n) is 5.23. The van der Waals surface area contributed by atoms with E-state index in [9.17, 15) is 13.2 Å². The molecule has 31 heavy (non-hydrogen) atoms. The number of halogens is 1. The van der Waals surface area contributed by atoms with E-state index < -0.39 is 9.84 Å². The van der Waals surface area contributed by atoms with Crippen molar-refractivity contribution in [2.45, 2.75) is 4.90 Å². The molecule has 1 aliphatic heterocycles. The van der Waals surface area contributed by atoms with Crippen molar-refractivity contribution in [1.29, 1.82) is 0 Å². The number of para-hydroxylation sites is 1. The molecule has 5 nitrogen and oxygen atoms in total. The van der Waals surface area contributed by atoms with Gasteiger partial charge in [0.15, 0.2) is 9.84 Å². The number of carbonyl (C=O) groups excluding carboxylic acids is 1. The fourth-order valence-electron chi connectivity index (χ4n) is 3.63. The highest BCUT2D eigenvalue weighted by molar-refractivity contribution is 7.90. The molecule has 0 N–H and O–H groups in total. The van der Waals surface area contributed by atoms with Crippen molar-refractivity contribution in [1.82, 2.24) is 0 Å². The van der Waals surface area contributed by atoms with Gasteiger partial charge < -0.3 is 9.64 Å². The minimum absolute atomic E-state index is 0.166. The lowest BCUT2D eigenvalue weighted by Gasteiger charge is -2.18. The Labute approximate surface area is 186 Å². The standard InChI is InChI=1S/C24H20ClNO4S/c1-30-18-11-7-17(8-12-18)23-20(16-9-13-19(14-10-16)31(2,28)29)15-26(24(23)27)22-6-4-3-5-21(22)25/h3-14H,15H2,1-2H3. The number of rotatable bonds is 5. The molecule has 0 aromatic heterocycles. The lowest BCUT2D eigenvalue weighted by Crippen LogP contribution is -2.26. The maximum Gasteiger partial charge on any atom is 0.259 e. The Bertz CT molecular complexity index is 1280. The van der Waals surface area contributed by atoms with Gasteiger partial charge in [-0.05, 0) is 53.1 Å². The van der Waals surface area contributed by atoms with Crippen LogP contribution in [-0.2, 0) is 14.6 Å². The second-order valence-electron chi connectivity index (χ2n) is 7.22. The Morgan fingerprint density at radius 3 is 2.10 bits per heavy atom. The van der Waals surface area contributed by atoms with Crippen LogP contribution in [0, 0.1) is 0 Å². The Hall–Kier alpha value is -3.09. The molecule has 7 heteroatoms. The summed E-state index contributed by atoms with van der Waals surface area (Å²) >= 11 is 6.37. The second-order valence-corrected chi connectivity index (χ2v) is 9.64. The molecule has 0 unspecified atom stereocenters. The van der Waals surface area contributed by atoms with E-state index in [1.54, 1.807) is 54.5 Å².